The second kappa shape index (κ2) is 7.24. The fourth-order valence-corrected chi connectivity index (χ4v) is 2.35. The highest BCUT2D eigenvalue weighted by atomic mass is 16.7. The number of rotatable bonds is 5. The molecule has 118 valence electrons. The fraction of sp³-hybridized carbons (Fsp3) is 0.929. The Labute approximate surface area is 121 Å². The Morgan fingerprint density at radius 2 is 1.95 bits per heavy atom. The molecule has 1 aliphatic carbocycles. The van der Waals surface area contributed by atoms with E-state index in [1.165, 1.54) is 0 Å². The summed E-state index contributed by atoms with van der Waals surface area (Å²) >= 11 is 0. The van der Waals surface area contributed by atoms with Crippen molar-refractivity contribution in [3.05, 3.63) is 0 Å². The monoisotopic (exact) mass is 288 g/mol. The van der Waals surface area contributed by atoms with E-state index in [1.807, 2.05) is 34.9 Å². The second-order valence-electron chi connectivity index (χ2n) is 6.45. The molecule has 20 heavy (non-hydrogen) atoms. The number of carbonyl (C=O) groups excluding carboxylic acids is 1. The van der Waals surface area contributed by atoms with E-state index in [0.29, 0.717) is 6.04 Å². The first-order chi connectivity index (χ1) is 9.23. The minimum Gasteiger partial charge on any atom is -0.444 e. The summed E-state index contributed by atoms with van der Waals surface area (Å²) in [6, 6.07) is 0.337. The first kappa shape index (κ1) is 17.2. The minimum atomic E-state index is -0.494. The van der Waals surface area contributed by atoms with Crippen LogP contribution in [-0.4, -0.2) is 62.8 Å². The van der Waals surface area contributed by atoms with Crippen molar-refractivity contribution in [3.8, 4) is 0 Å². The molecule has 1 saturated carbocycles. The maximum absolute atomic E-state index is 11.9. The van der Waals surface area contributed by atoms with Crippen molar-refractivity contribution in [2.75, 3.05) is 28.0 Å². The van der Waals surface area contributed by atoms with Gasteiger partial charge in [-0.2, -0.15) is 0 Å². The molecule has 0 radical (unpaired) electrons. The Morgan fingerprint density at radius 3 is 2.45 bits per heavy atom. The fourth-order valence-electron chi connectivity index (χ4n) is 2.35. The number of alkyl carbamates (subject to hydrolysis) is 1. The van der Waals surface area contributed by atoms with Gasteiger partial charge in [-0.1, -0.05) is 0 Å². The number of ether oxygens (including phenoxy) is 3. The maximum atomic E-state index is 11.9. The molecule has 0 aromatic rings. The molecule has 0 spiro atoms. The number of nitrogens with one attached hydrogen (secondary N) is 1. The Balaban J connectivity index is 2.57. The van der Waals surface area contributed by atoms with Crippen LogP contribution in [0, 0.1) is 0 Å². The van der Waals surface area contributed by atoms with E-state index in [-0.39, 0.29) is 18.9 Å². The summed E-state index contributed by atoms with van der Waals surface area (Å²) in [4.78, 5) is 14.0. The van der Waals surface area contributed by atoms with Gasteiger partial charge in [0.05, 0.1) is 12.1 Å². The van der Waals surface area contributed by atoms with Crippen molar-refractivity contribution in [2.24, 2.45) is 0 Å². The minimum absolute atomic E-state index is 0.0464. The molecule has 1 fully saturated rings. The molecule has 0 heterocycles. The Morgan fingerprint density at radius 1 is 1.30 bits per heavy atom. The lowest BCUT2D eigenvalue weighted by atomic mass is 10.2. The van der Waals surface area contributed by atoms with Gasteiger partial charge in [0.25, 0.3) is 0 Å². The summed E-state index contributed by atoms with van der Waals surface area (Å²) in [6.07, 6.45) is 1.28. The molecule has 0 bridgehead atoms. The summed E-state index contributed by atoms with van der Waals surface area (Å²) in [7, 11) is 5.66. The number of carbonyl (C=O) groups is 1. The van der Waals surface area contributed by atoms with Gasteiger partial charge < -0.3 is 24.4 Å². The lowest BCUT2D eigenvalue weighted by molar-refractivity contribution is -0.0780. The third-order valence-corrected chi connectivity index (χ3v) is 3.31. The molecular weight excluding hydrogens is 260 g/mol. The van der Waals surface area contributed by atoms with Crippen LogP contribution in [0.5, 0.6) is 0 Å². The highest BCUT2D eigenvalue weighted by Gasteiger charge is 2.37. The number of methoxy groups -OCH3 is 1. The van der Waals surface area contributed by atoms with E-state index in [9.17, 15) is 4.79 Å². The normalized spacial score (nSPS) is 26.9. The molecule has 1 rings (SSSR count). The molecule has 0 aliphatic heterocycles. The van der Waals surface area contributed by atoms with Gasteiger partial charge in [-0.05, 0) is 47.7 Å². The molecule has 0 unspecified atom stereocenters. The topological polar surface area (TPSA) is 60.0 Å². The van der Waals surface area contributed by atoms with Gasteiger partial charge in [-0.25, -0.2) is 4.79 Å². The van der Waals surface area contributed by atoms with Crippen LogP contribution >= 0.6 is 0 Å². The zero-order valence-electron chi connectivity index (χ0n) is 13.4. The lowest BCUT2D eigenvalue weighted by Gasteiger charge is -2.24. The van der Waals surface area contributed by atoms with Crippen LogP contribution in [0.25, 0.3) is 0 Å². The SMILES string of the molecule is COCO[C@H]1C[C@@H](N(C)C)C[C@H]1NC(=O)OC(C)(C)C. The van der Waals surface area contributed by atoms with Gasteiger partial charge in [0.15, 0.2) is 0 Å². The van der Waals surface area contributed by atoms with Gasteiger partial charge >= 0.3 is 6.09 Å². The highest BCUT2D eigenvalue weighted by molar-refractivity contribution is 5.68. The molecule has 1 N–H and O–H groups in total. The van der Waals surface area contributed by atoms with Crippen LogP contribution in [0.15, 0.2) is 0 Å². The maximum Gasteiger partial charge on any atom is 0.407 e. The molecule has 6 nitrogen and oxygen atoms in total. The summed E-state index contributed by atoms with van der Waals surface area (Å²) in [5, 5.41) is 2.91. The summed E-state index contributed by atoms with van der Waals surface area (Å²) in [5.41, 5.74) is -0.494. The van der Waals surface area contributed by atoms with Crippen molar-refractivity contribution < 1.29 is 19.0 Å². The quantitative estimate of drug-likeness (QED) is 0.779. The third kappa shape index (κ3) is 5.64. The summed E-state index contributed by atoms with van der Waals surface area (Å²) < 4.78 is 15.9. The molecular formula is C14H28N2O4. The van der Waals surface area contributed by atoms with Gasteiger partial charge in [-0.15, -0.1) is 0 Å². The number of hydrogen-bond acceptors (Lipinski definition) is 5. The van der Waals surface area contributed by atoms with Crippen LogP contribution < -0.4 is 5.32 Å². The van der Waals surface area contributed by atoms with Crippen LogP contribution in [0.2, 0.25) is 0 Å². The van der Waals surface area contributed by atoms with E-state index in [0.717, 1.165) is 12.8 Å². The Bertz CT molecular complexity index is 315. The van der Waals surface area contributed by atoms with Crippen molar-refractivity contribution in [2.45, 2.75) is 57.4 Å². The van der Waals surface area contributed by atoms with Gasteiger partial charge in [-0.3, -0.25) is 0 Å². The Hall–Kier alpha value is -0.850. The van der Waals surface area contributed by atoms with Crippen LogP contribution in [-0.2, 0) is 14.2 Å². The number of amides is 1. The van der Waals surface area contributed by atoms with Gasteiger partial charge in [0.1, 0.15) is 12.4 Å². The molecule has 0 aromatic heterocycles. The number of nitrogens with zero attached hydrogens (tertiary/aromatic N) is 1. The molecule has 0 aromatic carbocycles. The summed E-state index contributed by atoms with van der Waals surface area (Å²) in [6.45, 7) is 5.78. The van der Waals surface area contributed by atoms with Crippen LogP contribution in [0.1, 0.15) is 33.6 Å². The largest absolute Gasteiger partial charge is 0.444 e. The first-order valence-corrected chi connectivity index (χ1v) is 6.99. The molecule has 1 aliphatic rings. The third-order valence-electron chi connectivity index (χ3n) is 3.31. The van der Waals surface area contributed by atoms with Crippen LogP contribution in [0.4, 0.5) is 4.79 Å². The van der Waals surface area contributed by atoms with Crippen molar-refractivity contribution in [3.63, 3.8) is 0 Å². The zero-order chi connectivity index (χ0) is 15.3. The van der Waals surface area contributed by atoms with E-state index < -0.39 is 11.7 Å². The van der Waals surface area contributed by atoms with Crippen LogP contribution in [0.3, 0.4) is 0 Å². The van der Waals surface area contributed by atoms with Gasteiger partial charge in [0, 0.05) is 13.2 Å². The van der Waals surface area contributed by atoms with E-state index >= 15 is 0 Å². The van der Waals surface area contributed by atoms with Crippen molar-refractivity contribution in [1.82, 2.24) is 10.2 Å². The predicted octanol–water partition coefficient (Wildman–Crippen LogP) is 1.59. The van der Waals surface area contributed by atoms with E-state index in [4.69, 9.17) is 14.2 Å². The molecule has 6 heteroatoms. The average molecular weight is 288 g/mol. The molecule has 0 saturated heterocycles. The first-order valence-electron chi connectivity index (χ1n) is 6.99. The number of hydrogen-bond donors (Lipinski definition) is 1. The smallest absolute Gasteiger partial charge is 0.407 e. The van der Waals surface area contributed by atoms with E-state index in [1.54, 1.807) is 7.11 Å². The van der Waals surface area contributed by atoms with E-state index in [2.05, 4.69) is 10.2 Å². The lowest BCUT2D eigenvalue weighted by Crippen LogP contribution is -2.44. The van der Waals surface area contributed by atoms with Gasteiger partial charge in [0.2, 0.25) is 0 Å². The standard InChI is InChI=1S/C14H28N2O4/c1-14(2,3)20-13(17)15-11-7-10(16(4)5)8-12(11)19-9-18-6/h10-12H,7-9H2,1-6H3,(H,15,17)/t10-,11+,12-/m0/s1. The van der Waals surface area contributed by atoms with Crippen molar-refractivity contribution in [1.29, 1.82) is 0 Å². The Kier molecular flexibility index (Phi) is 6.23. The predicted molar refractivity (Wildman–Crippen MR) is 76.6 cm³/mol. The average Bonchev–Trinajstić information content (AvgIpc) is 2.67. The molecule has 3 atom stereocenters. The zero-order valence-corrected chi connectivity index (χ0v) is 13.4. The second-order valence-corrected chi connectivity index (χ2v) is 6.45. The highest BCUT2D eigenvalue weighted by Crippen LogP contribution is 2.26. The molecule has 1 amide bonds. The van der Waals surface area contributed by atoms with Crippen molar-refractivity contribution >= 4 is 6.09 Å². The summed E-state index contributed by atoms with van der Waals surface area (Å²) in [5.74, 6) is 0.